The number of nitrogens with two attached hydrogens (primary N) is 1. The van der Waals surface area contributed by atoms with Gasteiger partial charge in [0.05, 0.1) is 19.8 Å². The van der Waals surface area contributed by atoms with Gasteiger partial charge in [-0.2, -0.15) is 0 Å². The third kappa shape index (κ3) is 7.02. The molecule has 1 aromatic rings. The number of ether oxygens (including phenoxy) is 3. The molecule has 1 unspecified atom stereocenters. The first-order valence-corrected chi connectivity index (χ1v) is 11.0. The average molecular weight is 433 g/mol. The summed E-state index contributed by atoms with van der Waals surface area (Å²) in [6, 6.07) is 6.16. The largest absolute Gasteiger partial charge is 0.493 e. The van der Waals surface area contributed by atoms with Crippen LogP contribution in [0, 0.1) is 12.8 Å². The Hall–Kier alpha value is -2.48. The maximum atomic E-state index is 12.2. The topological polar surface area (TPSA) is 89.6 Å². The van der Waals surface area contributed by atoms with Gasteiger partial charge in [0.1, 0.15) is 11.4 Å². The van der Waals surface area contributed by atoms with Crippen molar-refractivity contribution in [1.29, 1.82) is 0 Å². The molecule has 2 aliphatic rings. The number of amides is 1. The summed E-state index contributed by atoms with van der Waals surface area (Å²) in [6.45, 7) is 12.7. The highest BCUT2D eigenvalue weighted by atomic mass is 16.6. The van der Waals surface area contributed by atoms with Crippen LogP contribution in [0.2, 0.25) is 0 Å². The monoisotopic (exact) mass is 432 g/mol. The number of guanidine groups is 1. The highest BCUT2D eigenvalue weighted by Crippen LogP contribution is 2.23. The third-order valence-corrected chi connectivity index (χ3v) is 5.39. The molecule has 8 heteroatoms. The molecule has 2 fully saturated rings. The molecule has 1 atom stereocenters. The van der Waals surface area contributed by atoms with Crippen molar-refractivity contribution in [2.24, 2.45) is 16.6 Å². The molecule has 0 aromatic heterocycles. The number of nitrogens with zero attached hydrogens (tertiary/aromatic N) is 3. The lowest BCUT2D eigenvalue weighted by Gasteiger charge is -2.36. The van der Waals surface area contributed by atoms with E-state index in [-0.39, 0.29) is 6.09 Å². The fourth-order valence-corrected chi connectivity index (χ4v) is 3.56. The molecular weight excluding hydrogens is 396 g/mol. The van der Waals surface area contributed by atoms with Gasteiger partial charge in [0.15, 0.2) is 5.96 Å². The SMILES string of the molecule is Cc1ccc(CN=C(N)N2CCN(C(=O)OC(C)(C)C)CC2)c(OCC2CCOC2)c1. The van der Waals surface area contributed by atoms with E-state index in [0.29, 0.717) is 51.2 Å². The lowest BCUT2D eigenvalue weighted by molar-refractivity contribution is 0.0186. The molecule has 0 radical (unpaired) electrons. The van der Waals surface area contributed by atoms with Crippen molar-refractivity contribution in [2.75, 3.05) is 46.0 Å². The first-order chi connectivity index (χ1) is 14.7. The molecular formula is C23H36N4O4. The molecule has 1 amide bonds. The second-order valence-corrected chi connectivity index (χ2v) is 9.28. The fourth-order valence-electron chi connectivity index (χ4n) is 3.56. The first-order valence-electron chi connectivity index (χ1n) is 11.0. The molecule has 3 rings (SSSR count). The highest BCUT2D eigenvalue weighted by molar-refractivity contribution is 5.78. The zero-order valence-electron chi connectivity index (χ0n) is 19.2. The molecule has 172 valence electrons. The predicted octanol–water partition coefficient (Wildman–Crippen LogP) is 2.78. The fraction of sp³-hybridized carbons (Fsp3) is 0.652. The molecule has 0 spiro atoms. The van der Waals surface area contributed by atoms with Gasteiger partial charge in [-0.05, 0) is 45.7 Å². The predicted molar refractivity (Wildman–Crippen MR) is 120 cm³/mol. The van der Waals surface area contributed by atoms with Crippen LogP contribution in [0.25, 0.3) is 0 Å². The second kappa shape index (κ2) is 10.2. The van der Waals surface area contributed by atoms with Crippen molar-refractivity contribution < 1.29 is 19.0 Å². The number of piperazine rings is 1. The Morgan fingerprint density at radius 2 is 1.94 bits per heavy atom. The smallest absolute Gasteiger partial charge is 0.410 e. The summed E-state index contributed by atoms with van der Waals surface area (Å²) in [5, 5.41) is 0. The third-order valence-electron chi connectivity index (χ3n) is 5.39. The Morgan fingerprint density at radius 3 is 2.58 bits per heavy atom. The number of aryl methyl sites for hydroxylation is 1. The standard InChI is InChI=1S/C23H36N4O4/c1-17-5-6-19(20(13-17)30-16-18-7-12-29-15-18)14-25-21(24)26-8-10-27(11-9-26)22(28)31-23(2,3)4/h5-6,13,18H,7-12,14-16H2,1-4H3,(H2,24,25). The molecule has 0 saturated carbocycles. The number of hydrogen-bond acceptors (Lipinski definition) is 5. The van der Waals surface area contributed by atoms with Gasteiger partial charge in [-0.3, -0.25) is 0 Å². The van der Waals surface area contributed by atoms with Crippen molar-refractivity contribution in [1.82, 2.24) is 9.80 Å². The van der Waals surface area contributed by atoms with Crippen LogP contribution in [0.15, 0.2) is 23.2 Å². The van der Waals surface area contributed by atoms with Crippen LogP contribution in [0.4, 0.5) is 4.79 Å². The molecule has 2 N–H and O–H groups in total. The zero-order valence-corrected chi connectivity index (χ0v) is 19.2. The normalized spacial score (nSPS) is 20.1. The maximum absolute atomic E-state index is 12.2. The highest BCUT2D eigenvalue weighted by Gasteiger charge is 2.26. The van der Waals surface area contributed by atoms with Crippen molar-refractivity contribution in [3.05, 3.63) is 29.3 Å². The average Bonchev–Trinajstić information content (AvgIpc) is 3.24. The van der Waals surface area contributed by atoms with Crippen LogP contribution in [-0.2, 0) is 16.0 Å². The van der Waals surface area contributed by atoms with E-state index in [2.05, 4.69) is 24.0 Å². The first kappa shape index (κ1) is 23.2. The second-order valence-electron chi connectivity index (χ2n) is 9.28. The number of carbonyl (C=O) groups is 1. The minimum Gasteiger partial charge on any atom is -0.493 e. The van der Waals surface area contributed by atoms with E-state index < -0.39 is 5.60 Å². The van der Waals surface area contributed by atoms with Crippen LogP contribution in [0.1, 0.15) is 38.3 Å². The van der Waals surface area contributed by atoms with E-state index in [0.717, 1.165) is 36.5 Å². The van der Waals surface area contributed by atoms with Gasteiger partial charge in [0.2, 0.25) is 0 Å². The Balaban J connectivity index is 1.54. The molecule has 2 saturated heterocycles. The molecule has 0 aliphatic carbocycles. The van der Waals surface area contributed by atoms with Crippen molar-refractivity contribution >= 4 is 12.1 Å². The minimum atomic E-state index is -0.493. The van der Waals surface area contributed by atoms with E-state index in [1.165, 1.54) is 0 Å². The van der Waals surface area contributed by atoms with Crippen molar-refractivity contribution in [2.45, 2.75) is 46.3 Å². The van der Waals surface area contributed by atoms with Crippen molar-refractivity contribution in [3.8, 4) is 5.75 Å². The van der Waals surface area contributed by atoms with Gasteiger partial charge in [-0.1, -0.05) is 12.1 Å². The minimum absolute atomic E-state index is 0.281. The Labute approximate surface area is 185 Å². The van der Waals surface area contributed by atoms with Gasteiger partial charge in [-0.15, -0.1) is 0 Å². The van der Waals surface area contributed by atoms with Crippen LogP contribution >= 0.6 is 0 Å². The maximum Gasteiger partial charge on any atom is 0.410 e. The van der Waals surface area contributed by atoms with E-state index >= 15 is 0 Å². The number of benzene rings is 1. The molecule has 8 nitrogen and oxygen atoms in total. The van der Waals surface area contributed by atoms with Gasteiger partial charge in [0.25, 0.3) is 0 Å². The van der Waals surface area contributed by atoms with Crippen LogP contribution in [-0.4, -0.2) is 73.5 Å². The molecule has 31 heavy (non-hydrogen) atoms. The van der Waals surface area contributed by atoms with Gasteiger partial charge < -0.3 is 29.7 Å². The Kier molecular flexibility index (Phi) is 7.64. The van der Waals surface area contributed by atoms with Crippen molar-refractivity contribution in [3.63, 3.8) is 0 Å². The van der Waals surface area contributed by atoms with Crippen LogP contribution in [0.5, 0.6) is 5.75 Å². The van der Waals surface area contributed by atoms with Gasteiger partial charge in [-0.25, -0.2) is 9.79 Å². The summed E-state index contributed by atoms with van der Waals surface area (Å²) >= 11 is 0. The lowest BCUT2D eigenvalue weighted by atomic mass is 10.1. The molecule has 2 aliphatic heterocycles. The lowest BCUT2D eigenvalue weighted by Crippen LogP contribution is -2.53. The molecule has 0 bridgehead atoms. The van der Waals surface area contributed by atoms with Crippen LogP contribution < -0.4 is 10.5 Å². The van der Waals surface area contributed by atoms with E-state index in [9.17, 15) is 4.79 Å². The molecule has 1 aromatic carbocycles. The summed E-state index contributed by atoms with van der Waals surface area (Å²) in [5.41, 5.74) is 7.93. The zero-order chi connectivity index (χ0) is 22.4. The van der Waals surface area contributed by atoms with E-state index in [1.54, 1.807) is 4.90 Å². The number of rotatable bonds is 5. The number of hydrogen-bond donors (Lipinski definition) is 1. The van der Waals surface area contributed by atoms with E-state index in [4.69, 9.17) is 19.9 Å². The Bertz CT molecular complexity index is 776. The summed E-state index contributed by atoms with van der Waals surface area (Å²) in [7, 11) is 0. The summed E-state index contributed by atoms with van der Waals surface area (Å²) in [4.78, 5) is 20.5. The molecule has 2 heterocycles. The Morgan fingerprint density at radius 1 is 1.23 bits per heavy atom. The quantitative estimate of drug-likeness (QED) is 0.568. The summed E-state index contributed by atoms with van der Waals surface area (Å²) in [6.07, 6.45) is 0.762. The summed E-state index contributed by atoms with van der Waals surface area (Å²) < 4.78 is 17.0. The number of carbonyl (C=O) groups excluding carboxylic acids is 1. The summed E-state index contributed by atoms with van der Waals surface area (Å²) in [5.74, 6) is 1.79. The van der Waals surface area contributed by atoms with E-state index in [1.807, 2.05) is 31.7 Å². The number of aliphatic imine (C=N–C) groups is 1. The van der Waals surface area contributed by atoms with Crippen LogP contribution in [0.3, 0.4) is 0 Å². The van der Waals surface area contributed by atoms with Gasteiger partial charge >= 0.3 is 6.09 Å². The van der Waals surface area contributed by atoms with Gasteiger partial charge in [0, 0.05) is 44.3 Å².